The van der Waals surface area contributed by atoms with E-state index in [0.717, 1.165) is 36.6 Å². The highest BCUT2D eigenvalue weighted by Gasteiger charge is 2.26. The van der Waals surface area contributed by atoms with Crippen LogP contribution in [0.2, 0.25) is 0 Å². The second-order valence-electron chi connectivity index (χ2n) is 7.43. The number of aromatic hydroxyl groups is 1. The van der Waals surface area contributed by atoms with Crippen LogP contribution in [0.5, 0.6) is 5.75 Å². The third-order valence-electron chi connectivity index (χ3n) is 4.71. The smallest absolute Gasteiger partial charge is 0.125 e. The quantitative estimate of drug-likeness (QED) is 0.466. The number of allylic oxidation sites excluding steroid dienone is 3. The van der Waals surface area contributed by atoms with E-state index in [1.807, 2.05) is 32.1 Å². The van der Waals surface area contributed by atoms with Gasteiger partial charge in [0.25, 0.3) is 0 Å². The Labute approximate surface area is 168 Å². The molecule has 2 N–H and O–H groups in total. The molecule has 1 aliphatic heterocycles. The zero-order chi connectivity index (χ0) is 20.7. The molecular formula is C22H31N5O. The fourth-order valence-electron chi connectivity index (χ4n) is 3.19. The van der Waals surface area contributed by atoms with Crippen molar-refractivity contribution in [1.29, 1.82) is 0 Å². The maximum absolute atomic E-state index is 10.5. The lowest BCUT2D eigenvalue weighted by molar-refractivity contribution is 0.224. The van der Waals surface area contributed by atoms with Gasteiger partial charge in [0, 0.05) is 44.0 Å². The molecule has 0 atom stereocenters. The Bertz CT molecular complexity index is 833. The second kappa shape index (κ2) is 9.46. The molecule has 6 heteroatoms. The molecule has 150 valence electrons. The van der Waals surface area contributed by atoms with Crippen LogP contribution in [0.1, 0.15) is 38.8 Å². The normalized spacial score (nSPS) is 18.6. The molecule has 28 heavy (non-hydrogen) atoms. The first-order chi connectivity index (χ1) is 13.3. The Morgan fingerprint density at radius 1 is 1.32 bits per heavy atom. The minimum absolute atomic E-state index is 0.0421. The van der Waals surface area contributed by atoms with Gasteiger partial charge in [0.05, 0.1) is 5.71 Å². The summed E-state index contributed by atoms with van der Waals surface area (Å²) >= 11 is 0. The van der Waals surface area contributed by atoms with Gasteiger partial charge in [-0.1, -0.05) is 18.7 Å². The van der Waals surface area contributed by atoms with Crippen LogP contribution in [0.25, 0.3) is 5.57 Å². The highest BCUT2D eigenvalue weighted by Crippen LogP contribution is 2.24. The lowest BCUT2D eigenvalue weighted by atomic mass is 10.0. The lowest BCUT2D eigenvalue weighted by Crippen LogP contribution is -2.58. The molecule has 0 radical (unpaired) electrons. The van der Waals surface area contributed by atoms with Crippen molar-refractivity contribution in [2.45, 2.75) is 33.2 Å². The molecule has 0 aromatic heterocycles. The van der Waals surface area contributed by atoms with Gasteiger partial charge in [-0.05, 0) is 57.0 Å². The maximum Gasteiger partial charge on any atom is 0.125 e. The summed E-state index contributed by atoms with van der Waals surface area (Å²) < 4.78 is 0. The standard InChI is InChI=1S/C22H31N5O/c1-7-17(14-23-6)18-9-10-19(21(28)13-18)20(8-2)26-25-16(3)27-12-11-24-22(4,5)15-27/h7-10,13-14,24,28H,2,11-12,15H2,1,3-6H3/b17-7+,23-14?,25-16+,26-20+. The third-order valence-corrected chi connectivity index (χ3v) is 4.71. The zero-order valence-electron chi connectivity index (χ0n) is 17.5. The van der Waals surface area contributed by atoms with Crippen molar-refractivity contribution in [2.75, 3.05) is 26.7 Å². The number of phenols is 1. The summed E-state index contributed by atoms with van der Waals surface area (Å²) in [5.41, 5.74) is 3.00. The van der Waals surface area contributed by atoms with Crippen LogP contribution in [0.4, 0.5) is 0 Å². The predicted molar refractivity (Wildman–Crippen MR) is 120 cm³/mol. The topological polar surface area (TPSA) is 72.6 Å². The summed E-state index contributed by atoms with van der Waals surface area (Å²) in [7, 11) is 1.72. The number of amidine groups is 1. The lowest BCUT2D eigenvalue weighted by Gasteiger charge is -2.39. The van der Waals surface area contributed by atoms with Crippen molar-refractivity contribution in [3.05, 3.63) is 48.1 Å². The van der Waals surface area contributed by atoms with Gasteiger partial charge in [0.2, 0.25) is 0 Å². The number of aliphatic imine (C=N–C) groups is 1. The minimum atomic E-state index is 0.0421. The van der Waals surface area contributed by atoms with Crippen LogP contribution in [0, 0.1) is 0 Å². The van der Waals surface area contributed by atoms with Gasteiger partial charge >= 0.3 is 0 Å². The van der Waals surface area contributed by atoms with Gasteiger partial charge in [-0.2, -0.15) is 0 Å². The molecule has 0 saturated carbocycles. The average molecular weight is 382 g/mol. The number of rotatable bonds is 5. The Morgan fingerprint density at radius 2 is 2.07 bits per heavy atom. The van der Waals surface area contributed by atoms with Crippen molar-refractivity contribution in [1.82, 2.24) is 10.2 Å². The van der Waals surface area contributed by atoms with Gasteiger partial charge in [-0.25, -0.2) is 0 Å². The van der Waals surface area contributed by atoms with E-state index in [9.17, 15) is 5.11 Å². The minimum Gasteiger partial charge on any atom is -0.507 e. The first-order valence-corrected chi connectivity index (χ1v) is 9.48. The number of nitrogens with zero attached hydrogens (tertiary/aromatic N) is 4. The number of hydrogen-bond acceptors (Lipinski definition) is 5. The molecule has 0 bridgehead atoms. The molecular weight excluding hydrogens is 350 g/mol. The van der Waals surface area contributed by atoms with E-state index in [-0.39, 0.29) is 11.3 Å². The highest BCUT2D eigenvalue weighted by molar-refractivity contribution is 6.12. The van der Waals surface area contributed by atoms with E-state index in [0.29, 0.717) is 11.3 Å². The maximum atomic E-state index is 10.5. The molecule has 2 rings (SSSR count). The van der Waals surface area contributed by atoms with Crippen LogP contribution < -0.4 is 5.32 Å². The van der Waals surface area contributed by atoms with Gasteiger partial charge in [-0.3, -0.25) is 4.99 Å². The van der Waals surface area contributed by atoms with Crippen molar-refractivity contribution in [2.24, 2.45) is 15.2 Å². The molecule has 1 aliphatic rings. The number of benzene rings is 1. The SMILES string of the molecule is C=C/C(=N\N=C(/C)N1CCNC(C)(C)C1)c1ccc(/C(C=NC)=C/C)cc1O. The van der Waals surface area contributed by atoms with E-state index in [4.69, 9.17) is 0 Å². The first-order valence-electron chi connectivity index (χ1n) is 9.48. The molecule has 0 aliphatic carbocycles. The molecule has 0 spiro atoms. The van der Waals surface area contributed by atoms with Gasteiger partial charge < -0.3 is 15.3 Å². The molecule has 1 saturated heterocycles. The number of nitrogens with one attached hydrogen (secondary N) is 1. The summed E-state index contributed by atoms with van der Waals surface area (Å²) in [5.74, 6) is 0.983. The van der Waals surface area contributed by atoms with E-state index < -0.39 is 0 Å². The molecule has 0 amide bonds. The van der Waals surface area contributed by atoms with Crippen molar-refractivity contribution in [3.63, 3.8) is 0 Å². The number of piperazine rings is 1. The molecule has 1 aromatic rings. The summed E-state index contributed by atoms with van der Waals surface area (Å²) in [4.78, 5) is 6.26. The highest BCUT2D eigenvalue weighted by atomic mass is 16.3. The monoisotopic (exact) mass is 381 g/mol. The number of hydrogen-bond donors (Lipinski definition) is 2. The summed E-state index contributed by atoms with van der Waals surface area (Å²) in [6.07, 6.45) is 5.32. The largest absolute Gasteiger partial charge is 0.507 e. The van der Waals surface area contributed by atoms with Crippen LogP contribution in [-0.2, 0) is 0 Å². The molecule has 1 heterocycles. The van der Waals surface area contributed by atoms with E-state index >= 15 is 0 Å². The molecule has 6 nitrogen and oxygen atoms in total. The predicted octanol–water partition coefficient (Wildman–Crippen LogP) is 3.49. The van der Waals surface area contributed by atoms with E-state index in [1.165, 1.54) is 0 Å². The van der Waals surface area contributed by atoms with Crippen molar-refractivity contribution in [3.8, 4) is 5.75 Å². The van der Waals surface area contributed by atoms with E-state index in [2.05, 4.69) is 45.8 Å². The van der Waals surface area contributed by atoms with Crippen molar-refractivity contribution < 1.29 is 5.11 Å². The molecule has 1 aromatic carbocycles. The van der Waals surface area contributed by atoms with Crippen molar-refractivity contribution >= 4 is 23.3 Å². The number of phenolic OH excluding ortho intramolecular Hbond substituents is 1. The van der Waals surface area contributed by atoms with Crippen LogP contribution in [0.15, 0.2) is 52.1 Å². The molecule has 0 unspecified atom stereocenters. The Balaban J connectivity index is 2.28. The van der Waals surface area contributed by atoms with Gasteiger partial charge in [-0.15, -0.1) is 10.2 Å². The summed E-state index contributed by atoms with van der Waals surface area (Å²) in [5, 5.41) is 22.7. The third kappa shape index (κ3) is 5.39. The van der Waals surface area contributed by atoms with Gasteiger partial charge in [0.1, 0.15) is 11.6 Å². The summed E-state index contributed by atoms with van der Waals surface area (Å²) in [6, 6.07) is 5.47. The first kappa shape index (κ1) is 21.6. The molecule has 1 fully saturated rings. The second-order valence-corrected chi connectivity index (χ2v) is 7.43. The Hall–Kier alpha value is -2.73. The Kier molecular flexibility index (Phi) is 7.29. The van der Waals surface area contributed by atoms with Crippen LogP contribution >= 0.6 is 0 Å². The van der Waals surface area contributed by atoms with Crippen LogP contribution in [0.3, 0.4) is 0 Å². The Morgan fingerprint density at radius 3 is 2.64 bits per heavy atom. The van der Waals surface area contributed by atoms with Gasteiger partial charge in [0.15, 0.2) is 0 Å². The zero-order valence-corrected chi connectivity index (χ0v) is 17.5. The fraction of sp³-hybridized carbons (Fsp3) is 0.409. The summed E-state index contributed by atoms with van der Waals surface area (Å²) in [6.45, 7) is 14.7. The van der Waals surface area contributed by atoms with E-state index in [1.54, 1.807) is 25.4 Å². The average Bonchev–Trinajstić information content (AvgIpc) is 2.66. The van der Waals surface area contributed by atoms with Crippen LogP contribution in [-0.4, -0.2) is 60.0 Å². The fourth-order valence-corrected chi connectivity index (χ4v) is 3.19.